The SMILES string of the molecule is COC(=O)c1ccc2c(C(C(=O)NS(=O)(=O)c3ccc(C)cc3OC)c3ccc4c(c3)OCO4)cn(C)c2c1. The van der Waals surface area contributed by atoms with Gasteiger partial charge in [0, 0.05) is 24.1 Å². The highest BCUT2D eigenvalue weighted by molar-refractivity contribution is 7.90. The average molecular weight is 551 g/mol. The Morgan fingerprint density at radius 1 is 1.00 bits per heavy atom. The van der Waals surface area contributed by atoms with Crippen molar-refractivity contribution in [2.45, 2.75) is 17.7 Å². The topological polar surface area (TPSA) is 122 Å². The normalized spacial score (nSPS) is 13.2. The molecule has 5 rings (SSSR count). The van der Waals surface area contributed by atoms with Crippen LogP contribution in [0.2, 0.25) is 0 Å². The molecule has 39 heavy (non-hydrogen) atoms. The summed E-state index contributed by atoms with van der Waals surface area (Å²) in [6.07, 6.45) is 1.74. The first-order valence-electron chi connectivity index (χ1n) is 11.9. The van der Waals surface area contributed by atoms with Crippen LogP contribution >= 0.6 is 0 Å². The van der Waals surface area contributed by atoms with E-state index in [1.807, 2.05) is 0 Å². The number of aromatic nitrogens is 1. The van der Waals surface area contributed by atoms with Crippen molar-refractivity contribution < 1.29 is 37.0 Å². The fourth-order valence-electron chi connectivity index (χ4n) is 4.70. The zero-order chi connectivity index (χ0) is 27.9. The second-order valence-electron chi connectivity index (χ2n) is 9.09. The molecule has 0 saturated heterocycles. The summed E-state index contributed by atoms with van der Waals surface area (Å²) >= 11 is 0. The maximum atomic E-state index is 13.9. The van der Waals surface area contributed by atoms with Crippen molar-refractivity contribution in [1.82, 2.24) is 9.29 Å². The van der Waals surface area contributed by atoms with Crippen LogP contribution < -0.4 is 18.9 Å². The molecule has 11 heteroatoms. The molecule has 2 heterocycles. The molecular formula is C28H26N2O8S. The summed E-state index contributed by atoms with van der Waals surface area (Å²) < 4.78 is 51.8. The standard InChI is InChI=1S/C28H26N2O8S/c1-16-5-10-25(24(11-16)35-3)39(33,34)29-27(31)26(17-7-9-22-23(13-17)38-15-37-22)20-14-30(2)21-12-18(28(32)36-4)6-8-19(20)21/h5-14,26H,15H2,1-4H3,(H,29,31). The van der Waals surface area contributed by atoms with Gasteiger partial charge in [-0.15, -0.1) is 0 Å². The van der Waals surface area contributed by atoms with E-state index < -0.39 is 27.8 Å². The summed E-state index contributed by atoms with van der Waals surface area (Å²) in [5.74, 6) is -1.24. The van der Waals surface area contributed by atoms with Crippen molar-refractivity contribution in [3.63, 3.8) is 0 Å². The van der Waals surface area contributed by atoms with Crippen LogP contribution in [0.3, 0.4) is 0 Å². The summed E-state index contributed by atoms with van der Waals surface area (Å²) in [4.78, 5) is 25.8. The van der Waals surface area contributed by atoms with Gasteiger partial charge in [0.1, 0.15) is 10.6 Å². The Morgan fingerprint density at radius 2 is 1.77 bits per heavy atom. The number of sulfonamides is 1. The summed E-state index contributed by atoms with van der Waals surface area (Å²) in [5.41, 5.74) is 2.83. The maximum Gasteiger partial charge on any atom is 0.337 e. The number of nitrogens with zero attached hydrogens (tertiary/aromatic N) is 1. The second kappa shape index (κ2) is 9.99. The number of esters is 1. The predicted molar refractivity (Wildman–Crippen MR) is 142 cm³/mol. The van der Waals surface area contributed by atoms with Crippen LogP contribution in [-0.4, -0.2) is 45.9 Å². The van der Waals surface area contributed by atoms with Crippen molar-refractivity contribution in [3.05, 3.63) is 83.0 Å². The third kappa shape index (κ3) is 4.76. The minimum Gasteiger partial charge on any atom is -0.495 e. The van der Waals surface area contributed by atoms with Gasteiger partial charge in [0.05, 0.1) is 25.7 Å². The van der Waals surface area contributed by atoms with Crippen LogP contribution in [0, 0.1) is 6.92 Å². The van der Waals surface area contributed by atoms with Gasteiger partial charge >= 0.3 is 5.97 Å². The number of methoxy groups -OCH3 is 2. The number of carbonyl (C=O) groups excluding carboxylic acids is 2. The smallest absolute Gasteiger partial charge is 0.337 e. The van der Waals surface area contributed by atoms with Crippen molar-refractivity contribution in [2.24, 2.45) is 7.05 Å². The van der Waals surface area contributed by atoms with E-state index >= 15 is 0 Å². The highest BCUT2D eigenvalue weighted by Gasteiger charge is 2.32. The third-order valence-corrected chi connectivity index (χ3v) is 7.98. The molecule has 1 amide bonds. The number of hydrogen-bond acceptors (Lipinski definition) is 8. The molecule has 0 fully saturated rings. The monoisotopic (exact) mass is 550 g/mol. The molecule has 4 aromatic rings. The predicted octanol–water partition coefficient (Wildman–Crippen LogP) is 3.65. The number of aryl methyl sites for hydroxylation is 2. The maximum absolute atomic E-state index is 13.9. The number of benzene rings is 3. The van der Waals surface area contributed by atoms with Gasteiger partial charge in [-0.3, -0.25) is 4.79 Å². The molecule has 10 nitrogen and oxygen atoms in total. The van der Waals surface area contributed by atoms with Crippen LogP contribution in [-0.2, 0) is 26.6 Å². The Morgan fingerprint density at radius 3 is 2.51 bits per heavy atom. The molecule has 0 aliphatic carbocycles. The van der Waals surface area contributed by atoms with Crippen LogP contribution in [0.5, 0.6) is 17.2 Å². The number of hydrogen-bond donors (Lipinski definition) is 1. The van der Waals surface area contributed by atoms with Gasteiger partial charge in [-0.1, -0.05) is 18.2 Å². The number of fused-ring (bicyclic) bond motifs is 2. The molecule has 0 bridgehead atoms. The van der Waals surface area contributed by atoms with E-state index in [9.17, 15) is 18.0 Å². The number of rotatable bonds is 7. The lowest BCUT2D eigenvalue weighted by atomic mass is 9.90. The van der Waals surface area contributed by atoms with Gasteiger partial charge in [-0.05, 0) is 60.0 Å². The number of carbonyl (C=O) groups is 2. The van der Waals surface area contributed by atoms with Crippen LogP contribution in [0.15, 0.2) is 65.7 Å². The van der Waals surface area contributed by atoms with E-state index in [-0.39, 0.29) is 17.4 Å². The van der Waals surface area contributed by atoms with Gasteiger partial charge in [0.25, 0.3) is 10.0 Å². The Kier molecular flexibility index (Phi) is 6.69. The first-order chi connectivity index (χ1) is 18.6. The molecule has 0 radical (unpaired) electrons. The zero-order valence-corrected chi connectivity index (χ0v) is 22.5. The lowest BCUT2D eigenvalue weighted by Gasteiger charge is -2.19. The first kappa shape index (κ1) is 26.1. The highest BCUT2D eigenvalue weighted by atomic mass is 32.2. The van der Waals surface area contributed by atoms with Gasteiger partial charge in [-0.2, -0.15) is 0 Å². The minimum absolute atomic E-state index is 0.0435. The van der Waals surface area contributed by atoms with Crippen molar-refractivity contribution in [3.8, 4) is 17.2 Å². The van der Waals surface area contributed by atoms with Crippen LogP contribution in [0.25, 0.3) is 10.9 Å². The molecule has 3 aromatic carbocycles. The summed E-state index contributed by atoms with van der Waals surface area (Å²) in [6.45, 7) is 1.85. The Hall–Kier alpha value is -4.51. The van der Waals surface area contributed by atoms with Crippen LogP contribution in [0.1, 0.15) is 33.0 Å². The zero-order valence-electron chi connectivity index (χ0n) is 21.7. The van der Waals surface area contributed by atoms with Gasteiger partial charge in [-0.25, -0.2) is 17.9 Å². The Balaban J connectivity index is 1.63. The van der Waals surface area contributed by atoms with Gasteiger partial charge < -0.3 is 23.5 Å². The fraction of sp³-hybridized carbons (Fsp3) is 0.214. The van der Waals surface area contributed by atoms with E-state index in [4.69, 9.17) is 18.9 Å². The van der Waals surface area contributed by atoms with E-state index in [1.165, 1.54) is 20.3 Å². The van der Waals surface area contributed by atoms with Crippen molar-refractivity contribution in [2.75, 3.05) is 21.0 Å². The molecule has 202 valence electrons. The second-order valence-corrected chi connectivity index (χ2v) is 10.7. The Labute approximate surface area is 225 Å². The molecule has 1 unspecified atom stereocenters. The Bertz CT molecular complexity index is 1730. The van der Waals surface area contributed by atoms with E-state index in [1.54, 1.807) is 73.3 Å². The molecule has 1 aliphatic rings. The number of amides is 1. The largest absolute Gasteiger partial charge is 0.495 e. The fourth-order valence-corrected chi connectivity index (χ4v) is 5.85. The van der Waals surface area contributed by atoms with Gasteiger partial charge in [0.2, 0.25) is 12.7 Å². The summed E-state index contributed by atoms with van der Waals surface area (Å²) in [5, 5.41) is 0.660. The lowest BCUT2D eigenvalue weighted by Crippen LogP contribution is -2.35. The highest BCUT2D eigenvalue weighted by Crippen LogP contribution is 2.39. The molecule has 0 saturated carbocycles. The molecule has 1 aromatic heterocycles. The average Bonchev–Trinajstić information content (AvgIpc) is 3.51. The summed E-state index contributed by atoms with van der Waals surface area (Å²) in [7, 11) is 0.128. The number of ether oxygens (including phenoxy) is 4. The number of nitrogens with one attached hydrogen (secondary N) is 1. The van der Waals surface area contributed by atoms with Crippen molar-refractivity contribution >= 4 is 32.8 Å². The molecule has 1 aliphatic heterocycles. The van der Waals surface area contributed by atoms with E-state index in [2.05, 4.69) is 4.72 Å². The van der Waals surface area contributed by atoms with Gasteiger partial charge in [0.15, 0.2) is 11.5 Å². The third-order valence-electron chi connectivity index (χ3n) is 6.59. The quantitative estimate of drug-likeness (QED) is 0.346. The molecule has 1 atom stereocenters. The van der Waals surface area contributed by atoms with Crippen LogP contribution in [0.4, 0.5) is 0 Å². The molecule has 1 N–H and O–H groups in total. The molecular weight excluding hydrogens is 524 g/mol. The van der Waals surface area contributed by atoms with Crippen molar-refractivity contribution in [1.29, 1.82) is 0 Å². The van der Waals surface area contributed by atoms with E-state index in [0.29, 0.717) is 39.1 Å². The lowest BCUT2D eigenvalue weighted by molar-refractivity contribution is -0.119. The van der Waals surface area contributed by atoms with E-state index in [0.717, 1.165) is 5.56 Å². The summed E-state index contributed by atoms with van der Waals surface area (Å²) in [6, 6.07) is 14.6. The first-order valence-corrected chi connectivity index (χ1v) is 13.4. The minimum atomic E-state index is -4.31. The molecule has 0 spiro atoms.